The minimum atomic E-state index is -0.339. The van der Waals surface area contributed by atoms with Crippen molar-refractivity contribution < 1.29 is 4.39 Å². The monoisotopic (exact) mass is 268 g/mol. The Bertz CT molecular complexity index is 446. The average Bonchev–Trinajstić information content (AvgIpc) is 2.19. The number of benzene rings is 1. The predicted octanol–water partition coefficient (Wildman–Crippen LogP) is 3.19. The maximum Gasteiger partial charge on any atom is 0.124 e. The number of nitrogens with zero attached hydrogens (tertiary/aromatic N) is 1. The third-order valence-electron chi connectivity index (χ3n) is 2.03. The summed E-state index contributed by atoms with van der Waals surface area (Å²) in [7, 11) is 0. The molecule has 0 radical (unpaired) electrons. The second kappa shape index (κ2) is 4.94. The number of nitriles is 1. The van der Waals surface area contributed by atoms with Crippen LogP contribution in [0.4, 0.5) is 4.39 Å². The third-order valence-corrected chi connectivity index (χ3v) is 2.69. The standard InChI is InChI=1S/C11H10BrFN2/c1-2-7(6-14)11(15)9-4-3-8(13)5-10(9)12/h3-5H,2,15H2,1H3/b11-7-. The molecule has 0 spiro atoms. The first-order valence-electron chi connectivity index (χ1n) is 4.44. The van der Waals surface area contributed by atoms with E-state index in [0.717, 1.165) is 0 Å². The molecule has 15 heavy (non-hydrogen) atoms. The summed E-state index contributed by atoms with van der Waals surface area (Å²) in [6.45, 7) is 1.85. The van der Waals surface area contributed by atoms with Gasteiger partial charge in [-0.15, -0.1) is 0 Å². The van der Waals surface area contributed by atoms with Crippen LogP contribution < -0.4 is 5.73 Å². The molecule has 1 rings (SSSR count). The van der Waals surface area contributed by atoms with Crippen molar-refractivity contribution in [2.24, 2.45) is 5.73 Å². The van der Waals surface area contributed by atoms with Gasteiger partial charge in [0.05, 0.1) is 17.3 Å². The maximum absolute atomic E-state index is 12.8. The Morgan fingerprint density at radius 3 is 2.73 bits per heavy atom. The highest BCUT2D eigenvalue weighted by atomic mass is 79.9. The van der Waals surface area contributed by atoms with Gasteiger partial charge < -0.3 is 5.73 Å². The van der Waals surface area contributed by atoms with Crippen LogP contribution >= 0.6 is 15.9 Å². The SMILES string of the molecule is CC/C(C#N)=C(/N)c1ccc(F)cc1Br. The molecular formula is C11H10BrFN2. The highest BCUT2D eigenvalue weighted by Crippen LogP contribution is 2.25. The number of halogens is 2. The van der Waals surface area contributed by atoms with Crippen LogP contribution in [-0.4, -0.2) is 0 Å². The number of allylic oxidation sites excluding steroid dienone is 1. The molecule has 2 N–H and O–H groups in total. The minimum Gasteiger partial charge on any atom is -0.397 e. The van der Waals surface area contributed by atoms with Gasteiger partial charge in [-0.25, -0.2) is 4.39 Å². The zero-order valence-electron chi connectivity index (χ0n) is 8.22. The first kappa shape index (κ1) is 11.7. The quantitative estimate of drug-likeness (QED) is 0.838. The Hall–Kier alpha value is -1.34. The van der Waals surface area contributed by atoms with Gasteiger partial charge in [0.25, 0.3) is 0 Å². The van der Waals surface area contributed by atoms with Crippen LogP contribution in [-0.2, 0) is 0 Å². The molecule has 1 aromatic carbocycles. The molecule has 4 heteroatoms. The molecule has 0 heterocycles. The van der Waals surface area contributed by atoms with Crippen molar-refractivity contribution in [2.75, 3.05) is 0 Å². The molecule has 0 fully saturated rings. The van der Waals surface area contributed by atoms with Crippen LogP contribution in [0.2, 0.25) is 0 Å². The Labute approximate surface area is 96.3 Å². The Morgan fingerprint density at radius 1 is 1.60 bits per heavy atom. The smallest absolute Gasteiger partial charge is 0.124 e. The number of hydrogen-bond acceptors (Lipinski definition) is 2. The topological polar surface area (TPSA) is 49.8 Å². The van der Waals surface area contributed by atoms with E-state index in [2.05, 4.69) is 15.9 Å². The lowest BCUT2D eigenvalue weighted by atomic mass is 10.1. The summed E-state index contributed by atoms with van der Waals surface area (Å²) in [4.78, 5) is 0. The normalized spacial score (nSPS) is 11.9. The summed E-state index contributed by atoms with van der Waals surface area (Å²) in [5.41, 5.74) is 7.36. The van der Waals surface area contributed by atoms with Crippen LogP contribution in [0.5, 0.6) is 0 Å². The van der Waals surface area contributed by atoms with Gasteiger partial charge in [-0.05, 0) is 40.5 Å². The second-order valence-corrected chi connectivity index (χ2v) is 3.84. The van der Waals surface area contributed by atoms with Gasteiger partial charge in [-0.1, -0.05) is 6.92 Å². The molecule has 0 bridgehead atoms. The van der Waals surface area contributed by atoms with Crippen molar-refractivity contribution >= 4 is 21.6 Å². The predicted molar refractivity (Wildman–Crippen MR) is 61.1 cm³/mol. The average molecular weight is 269 g/mol. The Morgan fingerprint density at radius 2 is 2.27 bits per heavy atom. The molecule has 0 aliphatic carbocycles. The fraction of sp³-hybridized carbons (Fsp3) is 0.182. The maximum atomic E-state index is 12.8. The van der Waals surface area contributed by atoms with Crippen LogP contribution in [0.1, 0.15) is 18.9 Å². The van der Waals surface area contributed by atoms with Gasteiger partial charge in [0.2, 0.25) is 0 Å². The lowest BCUT2D eigenvalue weighted by molar-refractivity contribution is 0.627. The van der Waals surface area contributed by atoms with Gasteiger partial charge in [0, 0.05) is 10.0 Å². The van der Waals surface area contributed by atoms with Crippen molar-refractivity contribution in [2.45, 2.75) is 13.3 Å². The second-order valence-electron chi connectivity index (χ2n) is 2.98. The van der Waals surface area contributed by atoms with E-state index in [1.165, 1.54) is 12.1 Å². The molecule has 78 valence electrons. The molecule has 0 atom stereocenters. The zero-order valence-corrected chi connectivity index (χ0v) is 9.81. The van der Waals surface area contributed by atoms with E-state index in [0.29, 0.717) is 27.7 Å². The highest BCUT2D eigenvalue weighted by Gasteiger charge is 2.08. The minimum absolute atomic E-state index is 0.339. The van der Waals surface area contributed by atoms with Crippen molar-refractivity contribution in [1.82, 2.24) is 0 Å². The van der Waals surface area contributed by atoms with E-state index in [-0.39, 0.29) is 5.82 Å². The molecule has 0 saturated carbocycles. The van der Waals surface area contributed by atoms with Crippen molar-refractivity contribution in [3.05, 3.63) is 39.6 Å². The molecule has 2 nitrogen and oxygen atoms in total. The molecule has 0 saturated heterocycles. The van der Waals surface area contributed by atoms with E-state index < -0.39 is 0 Å². The van der Waals surface area contributed by atoms with Crippen LogP contribution in [0, 0.1) is 17.1 Å². The molecule has 1 aromatic rings. The summed E-state index contributed by atoms with van der Waals surface area (Å²) in [5, 5.41) is 8.83. The Kier molecular flexibility index (Phi) is 3.87. The molecule has 0 aliphatic rings. The zero-order chi connectivity index (χ0) is 11.4. The summed E-state index contributed by atoms with van der Waals surface area (Å²) < 4.78 is 13.4. The third kappa shape index (κ3) is 2.57. The van der Waals surface area contributed by atoms with Crippen LogP contribution in [0.15, 0.2) is 28.2 Å². The Balaban J connectivity index is 3.29. The van der Waals surface area contributed by atoms with Gasteiger partial charge in [-0.2, -0.15) is 5.26 Å². The highest BCUT2D eigenvalue weighted by molar-refractivity contribution is 9.10. The fourth-order valence-electron chi connectivity index (χ4n) is 1.20. The lowest BCUT2D eigenvalue weighted by Gasteiger charge is -2.06. The number of hydrogen-bond donors (Lipinski definition) is 1. The summed E-state index contributed by atoms with van der Waals surface area (Å²) in [6.07, 6.45) is 0.562. The van der Waals surface area contributed by atoms with Crippen molar-refractivity contribution in [3.8, 4) is 6.07 Å². The van der Waals surface area contributed by atoms with Crippen LogP contribution in [0.3, 0.4) is 0 Å². The molecule has 0 aromatic heterocycles. The molecular weight excluding hydrogens is 259 g/mol. The first-order valence-corrected chi connectivity index (χ1v) is 5.23. The van der Waals surface area contributed by atoms with E-state index in [4.69, 9.17) is 11.0 Å². The largest absolute Gasteiger partial charge is 0.397 e. The molecule has 0 aliphatic heterocycles. The van der Waals surface area contributed by atoms with Gasteiger partial charge in [0.1, 0.15) is 5.82 Å². The van der Waals surface area contributed by atoms with Gasteiger partial charge in [0.15, 0.2) is 0 Å². The number of rotatable bonds is 2. The van der Waals surface area contributed by atoms with E-state index in [1.807, 2.05) is 13.0 Å². The number of nitrogens with two attached hydrogens (primary N) is 1. The van der Waals surface area contributed by atoms with Crippen LogP contribution in [0.25, 0.3) is 5.70 Å². The van der Waals surface area contributed by atoms with E-state index in [1.54, 1.807) is 6.07 Å². The summed E-state index contributed by atoms with van der Waals surface area (Å²) in [6, 6.07) is 6.23. The van der Waals surface area contributed by atoms with E-state index >= 15 is 0 Å². The summed E-state index contributed by atoms with van der Waals surface area (Å²) >= 11 is 3.21. The van der Waals surface area contributed by atoms with Crippen molar-refractivity contribution in [3.63, 3.8) is 0 Å². The van der Waals surface area contributed by atoms with Gasteiger partial charge >= 0.3 is 0 Å². The molecule has 0 amide bonds. The summed E-state index contributed by atoms with van der Waals surface area (Å²) in [5.74, 6) is -0.339. The van der Waals surface area contributed by atoms with Gasteiger partial charge in [-0.3, -0.25) is 0 Å². The first-order chi connectivity index (χ1) is 7.10. The fourth-order valence-corrected chi connectivity index (χ4v) is 1.76. The molecule has 0 unspecified atom stereocenters. The lowest BCUT2D eigenvalue weighted by Crippen LogP contribution is -2.01. The van der Waals surface area contributed by atoms with E-state index in [9.17, 15) is 4.39 Å². The van der Waals surface area contributed by atoms with Crippen molar-refractivity contribution in [1.29, 1.82) is 5.26 Å².